The zero-order valence-electron chi connectivity index (χ0n) is 10.8. The summed E-state index contributed by atoms with van der Waals surface area (Å²) >= 11 is 2.06. The van der Waals surface area contributed by atoms with Gasteiger partial charge in [-0.25, -0.2) is 0 Å². The molecular weight excluding hydrogens is 340 g/mol. The van der Waals surface area contributed by atoms with Crippen molar-refractivity contribution < 1.29 is 4.79 Å². The number of carbonyl (C=O) groups is 1. The maximum absolute atomic E-state index is 11.7. The first-order chi connectivity index (χ1) is 8.59. The molecule has 0 atom stereocenters. The maximum Gasteiger partial charge on any atom is 0.271 e. The van der Waals surface area contributed by atoms with Gasteiger partial charge in [-0.1, -0.05) is 6.42 Å². The average Bonchev–Trinajstić information content (AvgIpc) is 2.34. The predicted octanol–water partition coefficient (Wildman–Crippen LogP) is 1.54. The van der Waals surface area contributed by atoms with E-state index in [-0.39, 0.29) is 5.91 Å². The van der Waals surface area contributed by atoms with Gasteiger partial charge < -0.3 is 10.2 Å². The zero-order valence-corrected chi connectivity index (χ0v) is 13.0. The van der Waals surface area contributed by atoms with Gasteiger partial charge in [-0.05, 0) is 68.2 Å². The van der Waals surface area contributed by atoms with Gasteiger partial charge in [0, 0.05) is 6.54 Å². The fraction of sp³-hybridized carbons (Fsp3) is 0.583. The minimum Gasteiger partial charge on any atom is -0.351 e. The summed E-state index contributed by atoms with van der Waals surface area (Å²) in [5.41, 5.74) is 0.378. The van der Waals surface area contributed by atoms with Crippen molar-refractivity contribution in [2.75, 3.05) is 27.2 Å². The van der Waals surface area contributed by atoms with Crippen molar-refractivity contribution in [3.05, 3.63) is 21.5 Å². The Morgan fingerprint density at radius 3 is 2.67 bits per heavy atom. The molecule has 6 heteroatoms. The molecule has 100 valence electrons. The lowest BCUT2D eigenvalue weighted by molar-refractivity contribution is 0.0946. The highest BCUT2D eigenvalue weighted by molar-refractivity contribution is 14.1. The topological polar surface area (TPSA) is 58.1 Å². The van der Waals surface area contributed by atoms with Crippen LogP contribution in [0.2, 0.25) is 0 Å². The lowest BCUT2D eigenvalue weighted by Gasteiger charge is -2.08. The standard InChI is InChI=1S/C12H19IN4O/c1-17(2)9-5-3-4-8-14-12(18)10-6-7-11(13)16-15-10/h6-7H,3-5,8-9H2,1-2H3,(H,14,18)/i13-3. The molecule has 1 amide bonds. The van der Waals surface area contributed by atoms with Crippen LogP contribution in [0.1, 0.15) is 29.8 Å². The predicted molar refractivity (Wildman–Crippen MR) is 79.5 cm³/mol. The number of aromatic nitrogens is 2. The van der Waals surface area contributed by atoms with Crippen LogP contribution in [0.25, 0.3) is 0 Å². The van der Waals surface area contributed by atoms with Crippen molar-refractivity contribution in [3.63, 3.8) is 0 Å². The van der Waals surface area contributed by atoms with E-state index in [1.54, 1.807) is 12.1 Å². The highest BCUT2D eigenvalue weighted by atomic mass is 124. The molecule has 0 bridgehead atoms. The van der Waals surface area contributed by atoms with E-state index in [9.17, 15) is 4.79 Å². The smallest absolute Gasteiger partial charge is 0.271 e. The molecule has 5 nitrogen and oxygen atoms in total. The monoisotopic (exact) mass is 359 g/mol. The molecule has 0 aliphatic rings. The number of carbonyl (C=O) groups excluding carboxylic acids is 1. The quantitative estimate of drug-likeness (QED) is 0.593. The number of hydrogen-bond donors (Lipinski definition) is 1. The van der Waals surface area contributed by atoms with Crippen LogP contribution in [0.4, 0.5) is 0 Å². The third-order valence-electron chi connectivity index (χ3n) is 2.43. The number of nitrogens with one attached hydrogen (secondary N) is 1. The molecule has 1 heterocycles. The zero-order chi connectivity index (χ0) is 13.4. The molecule has 0 radical (unpaired) electrons. The summed E-state index contributed by atoms with van der Waals surface area (Å²) in [5, 5.41) is 10.5. The van der Waals surface area contributed by atoms with Gasteiger partial charge in [-0.2, -0.15) is 0 Å². The van der Waals surface area contributed by atoms with E-state index < -0.39 is 0 Å². The third kappa shape index (κ3) is 6.25. The fourth-order valence-corrected chi connectivity index (χ4v) is 1.75. The fourth-order valence-electron chi connectivity index (χ4n) is 1.46. The minimum atomic E-state index is -0.147. The number of rotatable bonds is 7. The molecule has 0 spiro atoms. The van der Waals surface area contributed by atoms with Gasteiger partial charge in [0.15, 0.2) is 5.69 Å². The normalized spacial score (nSPS) is 10.7. The third-order valence-corrected chi connectivity index (χ3v) is 3.01. The Balaban J connectivity index is 2.16. The molecule has 0 unspecified atom stereocenters. The Morgan fingerprint density at radius 1 is 1.28 bits per heavy atom. The van der Waals surface area contributed by atoms with Crippen molar-refractivity contribution in [1.29, 1.82) is 0 Å². The summed E-state index contributed by atoms with van der Waals surface area (Å²) in [5.74, 6) is -0.147. The van der Waals surface area contributed by atoms with E-state index in [1.807, 2.05) is 0 Å². The van der Waals surface area contributed by atoms with Crippen molar-refractivity contribution in [3.8, 4) is 0 Å². The van der Waals surface area contributed by atoms with Gasteiger partial charge in [0.25, 0.3) is 5.91 Å². The van der Waals surface area contributed by atoms with Crippen LogP contribution >= 0.6 is 22.6 Å². The molecule has 0 saturated carbocycles. The van der Waals surface area contributed by atoms with Gasteiger partial charge in [-0.15, -0.1) is 10.2 Å². The largest absolute Gasteiger partial charge is 0.351 e. The van der Waals surface area contributed by atoms with Crippen LogP contribution in [0.3, 0.4) is 0 Å². The van der Waals surface area contributed by atoms with Gasteiger partial charge in [0.1, 0.15) is 3.70 Å². The molecule has 0 aliphatic heterocycles. The average molecular weight is 359 g/mol. The summed E-state index contributed by atoms with van der Waals surface area (Å²) in [6.45, 7) is 1.79. The van der Waals surface area contributed by atoms with E-state index in [0.717, 1.165) is 29.5 Å². The van der Waals surface area contributed by atoms with Gasteiger partial charge >= 0.3 is 0 Å². The Kier molecular flexibility index (Phi) is 7.11. The second-order valence-electron chi connectivity index (χ2n) is 4.36. The maximum atomic E-state index is 11.7. The number of hydrogen-bond acceptors (Lipinski definition) is 4. The Morgan fingerprint density at radius 2 is 2.06 bits per heavy atom. The second kappa shape index (κ2) is 8.36. The van der Waals surface area contributed by atoms with Crippen LogP contribution in [0.15, 0.2) is 12.1 Å². The van der Waals surface area contributed by atoms with Gasteiger partial charge in [-0.3, -0.25) is 4.79 Å². The lowest BCUT2D eigenvalue weighted by atomic mass is 10.2. The van der Waals surface area contributed by atoms with E-state index in [0.29, 0.717) is 12.2 Å². The lowest BCUT2D eigenvalue weighted by Crippen LogP contribution is -2.25. The first-order valence-corrected chi connectivity index (χ1v) is 7.09. The van der Waals surface area contributed by atoms with Crippen molar-refractivity contribution >= 4 is 28.5 Å². The summed E-state index contributed by atoms with van der Waals surface area (Å²) < 4.78 is 0.785. The molecule has 1 rings (SSSR count). The molecule has 18 heavy (non-hydrogen) atoms. The Hall–Kier alpha value is -0.760. The van der Waals surface area contributed by atoms with Crippen LogP contribution in [-0.2, 0) is 0 Å². The van der Waals surface area contributed by atoms with Crippen molar-refractivity contribution in [2.45, 2.75) is 19.3 Å². The first-order valence-electron chi connectivity index (χ1n) is 6.02. The molecule has 0 saturated heterocycles. The van der Waals surface area contributed by atoms with Crippen molar-refractivity contribution in [1.82, 2.24) is 20.4 Å². The van der Waals surface area contributed by atoms with E-state index in [4.69, 9.17) is 0 Å². The van der Waals surface area contributed by atoms with Crippen LogP contribution in [0.5, 0.6) is 0 Å². The van der Waals surface area contributed by atoms with Crippen LogP contribution < -0.4 is 5.32 Å². The Labute approximate surface area is 121 Å². The van der Waals surface area contributed by atoms with E-state index in [2.05, 4.69) is 57.1 Å². The number of nitrogens with zero attached hydrogens (tertiary/aromatic N) is 3. The summed E-state index contributed by atoms with van der Waals surface area (Å²) in [7, 11) is 4.13. The first kappa shape index (κ1) is 15.3. The number of halogens is 1. The molecule has 1 aromatic heterocycles. The second-order valence-corrected chi connectivity index (χ2v) is 5.47. The van der Waals surface area contributed by atoms with Crippen molar-refractivity contribution in [2.24, 2.45) is 0 Å². The molecule has 1 N–H and O–H groups in total. The van der Waals surface area contributed by atoms with Gasteiger partial charge in [0.05, 0.1) is 0 Å². The summed E-state index contributed by atoms with van der Waals surface area (Å²) in [6.07, 6.45) is 3.28. The molecular formula is C12H19IN4O. The van der Waals surface area contributed by atoms with E-state index in [1.165, 1.54) is 0 Å². The summed E-state index contributed by atoms with van der Waals surface area (Å²) in [6, 6.07) is 3.47. The number of unbranched alkanes of at least 4 members (excludes halogenated alkanes) is 2. The highest BCUT2D eigenvalue weighted by Crippen LogP contribution is 2.00. The van der Waals surface area contributed by atoms with Gasteiger partial charge in [0.2, 0.25) is 0 Å². The van der Waals surface area contributed by atoms with Crippen LogP contribution in [-0.4, -0.2) is 48.2 Å². The highest BCUT2D eigenvalue weighted by Gasteiger charge is 2.06. The minimum absolute atomic E-state index is 0.147. The Bertz CT molecular complexity index is 367. The molecule has 0 aliphatic carbocycles. The number of amides is 1. The molecule has 1 aromatic rings. The van der Waals surface area contributed by atoms with E-state index >= 15 is 0 Å². The molecule has 0 fully saturated rings. The molecule has 0 aromatic carbocycles. The SMILES string of the molecule is CN(C)CCCCCNC(=O)c1ccc([124I])nn1. The summed E-state index contributed by atoms with van der Waals surface area (Å²) in [4.78, 5) is 13.8. The van der Waals surface area contributed by atoms with Crippen LogP contribution in [0, 0.1) is 3.70 Å².